The van der Waals surface area contributed by atoms with Crippen LogP contribution in [-0.4, -0.2) is 11.0 Å². The summed E-state index contributed by atoms with van der Waals surface area (Å²) in [7, 11) is 0. The molecule has 0 amide bonds. The van der Waals surface area contributed by atoms with Gasteiger partial charge in [0.2, 0.25) is 0 Å². The van der Waals surface area contributed by atoms with E-state index in [2.05, 4.69) is 48.4 Å². The molecule has 1 heterocycles. The number of benzene rings is 1. The quantitative estimate of drug-likeness (QED) is 0.847. The summed E-state index contributed by atoms with van der Waals surface area (Å²) in [6.07, 6.45) is 4.21. The topological polar surface area (TPSA) is 24.9 Å². The second kappa shape index (κ2) is 5.78. The molecule has 0 aliphatic rings. The van der Waals surface area contributed by atoms with Crippen LogP contribution in [0, 0.1) is 0 Å². The van der Waals surface area contributed by atoms with Gasteiger partial charge >= 0.3 is 0 Å². The van der Waals surface area contributed by atoms with Crippen LogP contribution in [0.1, 0.15) is 32.3 Å². The third-order valence-corrected chi connectivity index (χ3v) is 3.25. The van der Waals surface area contributed by atoms with Crippen LogP contribution in [0.3, 0.4) is 0 Å². The summed E-state index contributed by atoms with van der Waals surface area (Å²) in [4.78, 5) is 4.33. The summed E-state index contributed by atoms with van der Waals surface area (Å²) < 4.78 is 0. The van der Waals surface area contributed by atoms with Crippen LogP contribution < -0.4 is 5.32 Å². The van der Waals surface area contributed by atoms with Gasteiger partial charge < -0.3 is 5.32 Å². The van der Waals surface area contributed by atoms with Gasteiger partial charge in [-0.3, -0.25) is 4.98 Å². The minimum atomic E-state index is 0.625. The van der Waals surface area contributed by atoms with Crippen molar-refractivity contribution in [2.45, 2.75) is 39.3 Å². The minimum Gasteiger partial charge on any atom is -0.310 e. The zero-order valence-electron chi connectivity index (χ0n) is 10.6. The first kappa shape index (κ1) is 12.1. The van der Waals surface area contributed by atoms with E-state index in [1.54, 1.807) is 0 Å². The van der Waals surface area contributed by atoms with Crippen molar-refractivity contribution in [2.24, 2.45) is 0 Å². The standard InChI is InChI=1S/C15H20N2/c1-3-14(4-2)17-11-12-7-8-15-13(10-12)6-5-9-16-15/h5-10,14,17H,3-4,11H2,1-2H3. The lowest BCUT2D eigenvalue weighted by molar-refractivity contribution is 0.484. The van der Waals surface area contributed by atoms with Crippen LogP contribution in [0.5, 0.6) is 0 Å². The molecule has 0 bridgehead atoms. The Balaban J connectivity index is 2.09. The number of nitrogens with zero attached hydrogens (tertiary/aromatic N) is 1. The van der Waals surface area contributed by atoms with Crippen LogP contribution in [0.2, 0.25) is 0 Å². The predicted octanol–water partition coefficient (Wildman–Crippen LogP) is 3.51. The Labute approximate surface area is 103 Å². The summed E-state index contributed by atoms with van der Waals surface area (Å²) in [6, 6.07) is 11.2. The van der Waals surface area contributed by atoms with Gasteiger partial charge in [0.1, 0.15) is 0 Å². The summed E-state index contributed by atoms with van der Waals surface area (Å²) in [5, 5.41) is 4.80. The van der Waals surface area contributed by atoms with E-state index in [4.69, 9.17) is 0 Å². The fourth-order valence-electron chi connectivity index (χ4n) is 2.07. The number of hydrogen-bond acceptors (Lipinski definition) is 2. The summed E-state index contributed by atoms with van der Waals surface area (Å²) >= 11 is 0. The molecule has 0 spiro atoms. The van der Waals surface area contributed by atoms with E-state index >= 15 is 0 Å². The number of aromatic nitrogens is 1. The van der Waals surface area contributed by atoms with Crippen molar-refractivity contribution >= 4 is 10.9 Å². The lowest BCUT2D eigenvalue weighted by atomic mass is 10.1. The summed E-state index contributed by atoms with van der Waals surface area (Å²) in [5.41, 5.74) is 2.40. The zero-order chi connectivity index (χ0) is 12.1. The van der Waals surface area contributed by atoms with E-state index in [0.717, 1.165) is 12.1 Å². The molecule has 0 unspecified atom stereocenters. The Hall–Kier alpha value is -1.41. The van der Waals surface area contributed by atoms with Gasteiger partial charge in [0, 0.05) is 24.2 Å². The molecule has 0 radical (unpaired) electrons. The molecule has 2 nitrogen and oxygen atoms in total. The maximum absolute atomic E-state index is 4.33. The molecular formula is C15H20N2. The monoisotopic (exact) mass is 228 g/mol. The maximum atomic E-state index is 4.33. The molecule has 2 heteroatoms. The van der Waals surface area contributed by atoms with E-state index in [9.17, 15) is 0 Å². The van der Waals surface area contributed by atoms with Crippen LogP contribution in [0.25, 0.3) is 10.9 Å². The van der Waals surface area contributed by atoms with Crippen molar-refractivity contribution in [1.29, 1.82) is 0 Å². The highest BCUT2D eigenvalue weighted by Crippen LogP contribution is 2.13. The van der Waals surface area contributed by atoms with Crippen LogP contribution in [0.15, 0.2) is 36.5 Å². The molecule has 0 atom stereocenters. The molecule has 1 aromatic carbocycles. The van der Waals surface area contributed by atoms with Crippen molar-refractivity contribution in [3.8, 4) is 0 Å². The van der Waals surface area contributed by atoms with E-state index in [0.29, 0.717) is 6.04 Å². The molecule has 1 aromatic heterocycles. The Morgan fingerprint density at radius 1 is 1.18 bits per heavy atom. The number of nitrogens with one attached hydrogen (secondary N) is 1. The van der Waals surface area contributed by atoms with Crippen molar-refractivity contribution in [3.05, 3.63) is 42.1 Å². The molecular weight excluding hydrogens is 208 g/mol. The van der Waals surface area contributed by atoms with Crippen molar-refractivity contribution in [3.63, 3.8) is 0 Å². The Morgan fingerprint density at radius 3 is 2.76 bits per heavy atom. The second-order valence-corrected chi connectivity index (χ2v) is 4.42. The van der Waals surface area contributed by atoms with Gasteiger partial charge in [0.25, 0.3) is 0 Å². The van der Waals surface area contributed by atoms with Gasteiger partial charge in [-0.1, -0.05) is 26.0 Å². The molecule has 0 fully saturated rings. The third-order valence-electron chi connectivity index (χ3n) is 3.25. The fraction of sp³-hybridized carbons (Fsp3) is 0.400. The average molecular weight is 228 g/mol. The Kier molecular flexibility index (Phi) is 4.10. The third kappa shape index (κ3) is 3.04. The highest BCUT2D eigenvalue weighted by atomic mass is 14.9. The van der Waals surface area contributed by atoms with E-state index in [-0.39, 0.29) is 0 Å². The number of hydrogen-bond donors (Lipinski definition) is 1. The molecule has 0 saturated carbocycles. The molecule has 0 aliphatic carbocycles. The van der Waals surface area contributed by atoms with Crippen LogP contribution >= 0.6 is 0 Å². The van der Waals surface area contributed by atoms with Gasteiger partial charge in [0.15, 0.2) is 0 Å². The zero-order valence-corrected chi connectivity index (χ0v) is 10.6. The van der Waals surface area contributed by atoms with Crippen LogP contribution in [-0.2, 0) is 6.54 Å². The first-order valence-electron chi connectivity index (χ1n) is 6.40. The second-order valence-electron chi connectivity index (χ2n) is 4.42. The molecule has 90 valence electrons. The van der Waals surface area contributed by atoms with Crippen molar-refractivity contribution < 1.29 is 0 Å². The SMILES string of the molecule is CCC(CC)NCc1ccc2ncccc2c1. The Bertz CT molecular complexity index is 475. The molecule has 2 rings (SSSR count). The normalized spacial score (nSPS) is 11.2. The number of rotatable bonds is 5. The molecule has 1 N–H and O–H groups in total. The predicted molar refractivity (Wildman–Crippen MR) is 73.0 cm³/mol. The lowest BCUT2D eigenvalue weighted by Gasteiger charge is -2.14. The van der Waals surface area contributed by atoms with Gasteiger partial charge in [-0.25, -0.2) is 0 Å². The largest absolute Gasteiger partial charge is 0.310 e. The van der Waals surface area contributed by atoms with Gasteiger partial charge in [-0.15, -0.1) is 0 Å². The molecule has 17 heavy (non-hydrogen) atoms. The minimum absolute atomic E-state index is 0.625. The summed E-state index contributed by atoms with van der Waals surface area (Å²) in [5.74, 6) is 0. The molecule has 0 saturated heterocycles. The van der Waals surface area contributed by atoms with Gasteiger partial charge in [-0.05, 0) is 36.6 Å². The number of pyridine rings is 1. The van der Waals surface area contributed by atoms with Gasteiger partial charge in [-0.2, -0.15) is 0 Å². The highest BCUT2D eigenvalue weighted by Gasteiger charge is 2.02. The molecule has 0 aliphatic heterocycles. The fourth-order valence-corrected chi connectivity index (χ4v) is 2.07. The van der Waals surface area contributed by atoms with Crippen molar-refractivity contribution in [1.82, 2.24) is 10.3 Å². The Morgan fingerprint density at radius 2 is 2.00 bits per heavy atom. The molecule has 2 aromatic rings. The van der Waals surface area contributed by atoms with E-state index < -0.39 is 0 Å². The van der Waals surface area contributed by atoms with Crippen LogP contribution in [0.4, 0.5) is 0 Å². The first-order chi connectivity index (χ1) is 8.33. The van der Waals surface area contributed by atoms with E-state index in [1.807, 2.05) is 12.3 Å². The smallest absolute Gasteiger partial charge is 0.0702 e. The maximum Gasteiger partial charge on any atom is 0.0702 e. The first-order valence-corrected chi connectivity index (χ1v) is 6.40. The highest BCUT2D eigenvalue weighted by molar-refractivity contribution is 5.78. The van der Waals surface area contributed by atoms with Crippen molar-refractivity contribution in [2.75, 3.05) is 0 Å². The van der Waals surface area contributed by atoms with E-state index in [1.165, 1.54) is 23.8 Å². The van der Waals surface area contributed by atoms with Gasteiger partial charge in [0.05, 0.1) is 5.52 Å². The lowest BCUT2D eigenvalue weighted by Crippen LogP contribution is -2.26. The number of fused-ring (bicyclic) bond motifs is 1. The summed E-state index contributed by atoms with van der Waals surface area (Å²) in [6.45, 7) is 5.40. The average Bonchev–Trinajstić information content (AvgIpc) is 2.40.